The molecule has 0 atom stereocenters. The van der Waals surface area contributed by atoms with Gasteiger partial charge in [0.15, 0.2) is 6.61 Å². The van der Waals surface area contributed by atoms with Gasteiger partial charge < -0.3 is 14.6 Å². The Hall–Kier alpha value is -1.71. The van der Waals surface area contributed by atoms with E-state index in [9.17, 15) is 4.79 Å². The van der Waals surface area contributed by atoms with Crippen molar-refractivity contribution in [3.8, 4) is 11.5 Å². The van der Waals surface area contributed by atoms with E-state index in [1.54, 1.807) is 25.3 Å². The molecule has 0 saturated heterocycles. The summed E-state index contributed by atoms with van der Waals surface area (Å²) in [6.07, 6.45) is 0. The van der Waals surface area contributed by atoms with E-state index in [1.165, 1.54) is 0 Å². The van der Waals surface area contributed by atoms with E-state index >= 15 is 0 Å². The smallest absolute Gasteiger partial charge is 0.341 e. The number of hydrogen-bond donors (Lipinski definition) is 1. The highest BCUT2D eigenvalue weighted by Crippen LogP contribution is 2.22. The maximum absolute atomic E-state index is 10.2. The lowest BCUT2D eigenvalue weighted by Gasteiger charge is -2.07. The van der Waals surface area contributed by atoms with Crippen molar-refractivity contribution < 1.29 is 19.4 Å². The summed E-state index contributed by atoms with van der Waals surface area (Å²) in [4.78, 5) is 10.2. The first kappa shape index (κ1) is 10.4. The molecule has 0 aliphatic carbocycles. The highest BCUT2D eigenvalue weighted by Gasteiger charge is 2.02. The van der Waals surface area contributed by atoms with Crippen LogP contribution in [-0.2, 0) is 4.79 Å². The lowest BCUT2D eigenvalue weighted by atomic mass is 10.2. The molecule has 0 heterocycles. The van der Waals surface area contributed by atoms with Crippen LogP contribution in [0.5, 0.6) is 11.5 Å². The Labute approximate surface area is 82.1 Å². The lowest BCUT2D eigenvalue weighted by Crippen LogP contribution is -2.09. The van der Waals surface area contributed by atoms with Gasteiger partial charge in [-0.1, -0.05) is 0 Å². The molecule has 0 amide bonds. The monoisotopic (exact) mass is 196 g/mol. The zero-order valence-corrected chi connectivity index (χ0v) is 8.11. The quantitative estimate of drug-likeness (QED) is 0.792. The molecule has 0 aliphatic rings. The molecule has 4 heteroatoms. The largest absolute Gasteiger partial charge is 0.496 e. The first-order valence-corrected chi connectivity index (χ1v) is 4.12. The van der Waals surface area contributed by atoms with Crippen LogP contribution in [0.1, 0.15) is 5.56 Å². The third kappa shape index (κ3) is 2.65. The summed E-state index contributed by atoms with van der Waals surface area (Å²) in [6.45, 7) is 1.54. The summed E-state index contributed by atoms with van der Waals surface area (Å²) in [5, 5.41) is 8.40. The maximum atomic E-state index is 10.2. The van der Waals surface area contributed by atoms with Crippen LogP contribution < -0.4 is 9.47 Å². The molecule has 1 aromatic rings. The number of ether oxygens (including phenoxy) is 2. The van der Waals surface area contributed by atoms with Crippen molar-refractivity contribution in [1.29, 1.82) is 0 Å². The van der Waals surface area contributed by atoms with Crippen LogP contribution in [0.2, 0.25) is 0 Å². The highest BCUT2D eigenvalue weighted by atomic mass is 16.5. The maximum Gasteiger partial charge on any atom is 0.341 e. The third-order valence-electron chi connectivity index (χ3n) is 1.73. The number of carbonyl (C=O) groups is 1. The van der Waals surface area contributed by atoms with Gasteiger partial charge in [0.05, 0.1) is 7.11 Å². The second-order valence-corrected chi connectivity index (χ2v) is 2.81. The second kappa shape index (κ2) is 4.50. The van der Waals surface area contributed by atoms with Gasteiger partial charge in [-0.2, -0.15) is 0 Å². The van der Waals surface area contributed by atoms with E-state index in [0.717, 1.165) is 11.3 Å². The average Bonchev–Trinajstić information content (AvgIpc) is 2.15. The molecule has 0 fully saturated rings. The molecule has 0 radical (unpaired) electrons. The Kier molecular flexibility index (Phi) is 3.34. The minimum Gasteiger partial charge on any atom is -0.496 e. The number of rotatable bonds is 4. The predicted molar refractivity (Wildman–Crippen MR) is 50.9 cm³/mol. The molecule has 1 aromatic carbocycles. The lowest BCUT2D eigenvalue weighted by molar-refractivity contribution is -0.139. The predicted octanol–water partition coefficient (Wildman–Crippen LogP) is 1.47. The summed E-state index contributed by atoms with van der Waals surface area (Å²) in [5.74, 6) is 0.303. The molecule has 0 aliphatic heterocycles. The first-order valence-electron chi connectivity index (χ1n) is 4.12. The summed E-state index contributed by atoms with van der Waals surface area (Å²) in [6, 6.07) is 5.16. The minimum absolute atomic E-state index is 0.328. The molecule has 76 valence electrons. The average molecular weight is 196 g/mol. The van der Waals surface area contributed by atoms with E-state index in [4.69, 9.17) is 14.6 Å². The minimum atomic E-state index is -0.988. The van der Waals surface area contributed by atoms with Crippen LogP contribution in [-0.4, -0.2) is 24.8 Å². The van der Waals surface area contributed by atoms with Crippen LogP contribution in [0.4, 0.5) is 0 Å². The van der Waals surface area contributed by atoms with Crippen LogP contribution in [0.3, 0.4) is 0 Å². The SMILES string of the molecule is COc1ccc(OCC(=O)O)cc1C. The van der Waals surface area contributed by atoms with Gasteiger partial charge in [0.25, 0.3) is 0 Å². The highest BCUT2D eigenvalue weighted by molar-refractivity contribution is 5.68. The number of carboxylic acid groups (broad SMARTS) is 1. The Morgan fingerprint density at radius 1 is 1.50 bits per heavy atom. The van der Waals surface area contributed by atoms with Crippen LogP contribution in [0.25, 0.3) is 0 Å². The van der Waals surface area contributed by atoms with E-state index in [0.29, 0.717) is 5.75 Å². The van der Waals surface area contributed by atoms with Gasteiger partial charge in [-0.15, -0.1) is 0 Å². The van der Waals surface area contributed by atoms with Crippen LogP contribution >= 0.6 is 0 Å². The molecule has 0 saturated carbocycles. The number of methoxy groups -OCH3 is 1. The number of aryl methyl sites for hydroxylation is 1. The van der Waals surface area contributed by atoms with Crippen molar-refractivity contribution >= 4 is 5.97 Å². The molecular weight excluding hydrogens is 184 g/mol. The van der Waals surface area contributed by atoms with E-state index in [1.807, 2.05) is 6.92 Å². The van der Waals surface area contributed by atoms with Crippen molar-refractivity contribution in [2.75, 3.05) is 13.7 Å². The van der Waals surface area contributed by atoms with Gasteiger partial charge in [-0.3, -0.25) is 0 Å². The molecule has 14 heavy (non-hydrogen) atoms. The zero-order valence-electron chi connectivity index (χ0n) is 8.11. The van der Waals surface area contributed by atoms with Crippen molar-refractivity contribution in [2.45, 2.75) is 6.92 Å². The van der Waals surface area contributed by atoms with Gasteiger partial charge in [-0.05, 0) is 30.7 Å². The summed E-state index contributed by atoms with van der Waals surface area (Å²) < 4.78 is 10.0. The Bertz CT molecular complexity index is 333. The summed E-state index contributed by atoms with van der Waals surface area (Å²) in [7, 11) is 1.58. The van der Waals surface area contributed by atoms with Crippen molar-refractivity contribution in [3.05, 3.63) is 23.8 Å². The number of hydrogen-bond acceptors (Lipinski definition) is 3. The molecule has 0 spiro atoms. The van der Waals surface area contributed by atoms with Crippen molar-refractivity contribution in [2.24, 2.45) is 0 Å². The first-order chi connectivity index (χ1) is 6.63. The molecule has 1 N–H and O–H groups in total. The van der Waals surface area contributed by atoms with Gasteiger partial charge in [0, 0.05) is 0 Å². The normalized spacial score (nSPS) is 9.57. The number of carboxylic acids is 1. The second-order valence-electron chi connectivity index (χ2n) is 2.81. The molecule has 0 bridgehead atoms. The Morgan fingerprint density at radius 3 is 2.71 bits per heavy atom. The molecule has 1 rings (SSSR count). The van der Waals surface area contributed by atoms with Crippen LogP contribution in [0, 0.1) is 6.92 Å². The topological polar surface area (TPSA) is 55.8 Å². The van der Waals surface area contributed by atoms with E-state index in [-0.39, 0.29) is 6.61 Å². The number of aliphatic carboxylic acids is 1. The molecule has 4 nitrogen and oxygen atoms in total. The van der Waals surface area contributed by atoms with Crippen molar-refractivity contribution in [3.63, 3.8) is 0 Å². The zero-order chi connectivity index (χ0) is 10.6. The van der Waals surface area contributed by atoms with Crippen molar-refractivity contribution in [1.82, 2.24) is 0 Å². The van der Waals surface area contributed by atoms with Gasteiger partial charge in [0.2, 0.25) is 0 Å². The van der Waals surface area contributed by atoms with E-state index in [2.05, 4.69) is 0 Å². The standard InChI is InChI=1S/C10H12O4/c1-7-5-8(14-6-10(11)12)3-4-9(7)13-2/h3-5H,6H2,1-2H3,(H,11,12). The molecular formula is C10H12O4. The fourth-order valence-electron chi connectivity index (χ4n) is 1.09. The fourth-order valence-corrected chi connectivity index (χ4v) is 1.09. The summed E-state index contributed by atoms with van der Waals surface area (Å²) >= 11 is 0. The summed E-state index contributed by atoms with van der Waals surface area (Å²) in [5.41, 5.74) is 0.912. The third-order valence-corrected chi connectivity index (χ3v) is 1.73. The Balaban J connectivity index is 2.71. The van der Waals surface area contributed by atoms with Gasteiger partial charge >= 0.3 is 5.97 Å². The Morgan fingerprint density at radius 2 is 2.21 bits per heavy atom. The fraction of sp³-hybridized carbons (Fsp3) is 0.300. The number of benzene rings is 1. The van der Waals surface area contributed by atoms with Gasteiger partial charge in [-0.25, -0.2) is 4.79 Å². The van der Waals surface area contributed by atoms with E-state index < -0.39 is 5.97 Å². The van der Waals surface area contributed by atoms with Gasteiger partial charge in [0.1, 0.15) is 11.5 Å². The molecule has 0 aromatic heterocycles. The van der Waals surface area contributed by atoms with Crippen LogP contribution in [0.15, 0.2) is 18.2 Å². The molecule has 0 unspecified atom stereocenters.